The van der Waals surface area contributed by atoms with Gasteiger partial charge in [-0.3, -0.25) is 9.80 Å². The first kappa shape index (κ1) is 23.4. The van der Waals surface area contributed by atoms with Crippen LogP contribution in [0.2, 0.25) is 5.02 Å². The van der Waals surface area contributed by atoms with Gasteiger partial charge in [0, 0.05) is 29.5 Å². The van der Waals surface area contributed by atoms with Crippen LogP contribution in [-0.4, -0.2) is 38.8 Å². The van der Waals surface area contributed by atoms with Crippen LogP contribution >= 0.6 is 23.8 Å². The molecule has 0 spiro atoms. The van der Waals surface area contributed by atoms with Crippen molar-refractivity contribution in [2.75, 3.05) is 11.9 Å². The van der Waals surface area contributed by atoms with Crippen molar-refractivity contribution >= 4 is 46.5 Å². The summed E-state index contributed by atoms with van der Waals surface area (Å²) in [5.74, 6) is 1.05. The fourth-order valence-corrected chi connectivity index (χ4v) is 3.83. The Balaban J connectivity index is 1.50. The molecule has 1 aliphatic heterocycles. The molecule has 3 aromatic rings. The molecule has 9 nitrogen and oxygen atoms in total. The molecule has 2 N–H and O–H groups in total. The predicted octanol–water partition coefficient (Wildman–Crippen LogP) is 5.45. The van der Waals surface area contributed by atoms with Crippen LogP contribution in [0, 0.1) is 4.91 Å². The molecule has 11 heteroatoms. The molecule has 0 radical (unpaired) electrons. The van der Waals surface area contributed by atoms with Gasteiger partial charge in [0.2, 0.25) is 0 Å². The van der Waals surface area contributed by atoms with E-state index in [9.17, 15) is 9.70 Å². The van der Waals surface area contributed by atoms with Crippen molar-refractivity contribution in [1.82, 2.24) is 20.1 Å². The van der Waals surface area contributed by atoms with Crippen LogP contribution in [0.4, 0.5) is 16.3 Å². The number of halogens is 1. The molecule has 2 aromatic carbocycles. The maximum absolute atomic E-state index is 13.2. The van der Waals surface area contributed by atoms with Gasteiger partial charge in [-0.15, -0.1) is 4.91 Å². The molecule has 0 saturated carbocycles. The molecule has 1 saturated heterocycles. The standard InChI is InChI=1S/C23H21ClN6O3S/c1-2-29-22(34)27-21(30(23(29)31)14-15-3-5-16(24)6-4-15)26-17-7-9-18(10-8-17)33-19-11-12-25-20(13-19)28-32/h3-13,21,26H,2,14H2,1H3,(H,27,34). The zero-order chi connectivity index (χ0) is 24.1. The van der Waals surface area contributed by atoms with E-state index in [1.54, 1.807) is 35.2 Å². The molecule has 2 amide bonds. The Hall–Kier alpha value is -3.76. The Bertz CT molecular complexity index is 1190. The monoisotopic (exact) mass is 496 g/mol. The molecule has 34 heavy (non-hydrogen) atoms. The van der Waals surface area contributed by atoms with Crippen LogP contribution in [0.25, 0.3) is 0 Å². The maximum atomic E-state index is 13.2. The number of urea groups is 1. The predicted molar refractivity (Wildman–Crippen MR) is 134 cm³/mol. The second-order valence-corrected chi connectivity index (χ2v) is 8.17. The number of hydrogen-bond donors (Lipinski definition) is 2. The number of carbonyl (C=O) groups excluding carboxylic acids is 1. The molecule has 174 valence electrons. The SMILES string of the molecule is CCN1C(=O)N(Cc2ccc(Cl)cc2)C(Nc2ccc(Oc3ccnc(N=O)c3)cc2)NC1=S. The summed E-state index contributed by atoms with van der Waals surface area (Å²) in [6.45, 7) is 2.68. The fraction of sp³-hybridized carbons (Fsp3) is 0.174. The zero-order valence-corrected chi connectivity index (χ0v) is 19.7. The molecule has 0 bridgehead atoms. The Morgan fingerprint density at radius 2 is 1.88 bits per heavy atom. The smallest absolute Gasteiger partial charge is 0.329 e. The summed E-state index contributed by atoms with van der Waals surface area (Å²) in [6.07, 6.45) is 0.887. The van der Waals surface area contributed by atoms with Gasteiger partial charge in [-0.1, -0.05) is 23.7 Å². The summed E-state index contributed by atoms with van der Waals surface area (Å²) >= 11 is 11.4. The normalized spacial score (nSPS) is 15.6. The molecule has 0 aliphatic carbocycles. The van der Waals surface area contributed by atoms with Gasteiger partial charge in [0.05, 0.1) is 6.54 Å². The lowest BCUT2D eigenvalue weighted by Crippen LogP contribution is -2.66. The molecule has 1 atom stereocenters. The highest BCUT2D eigenvalue weighted by Gasteiger charge is 2.35. The second-order valence-electron chi connectivity index (χ2n) is 7.35. The number of ether oxygens (including phenoxy) is 1. The fourth-order valence-electron chi connectivity index (χ4n) is 3.39. The average molecular weight is 497 g/mol. The summed E-state index contributed by atoms with van der Waals surface area (Å²) in [7, 11) is 0. The van der Waals surface area contributed by atoms with E-state index in [4.69, 9.17) is 28.6 Å². The van der Waals surface area contributed by atoms with Crippen LogP contribution in [0.5, 0.6) is 11.5 Å². The number of benzene rings is 2. The number of pyridine rings is 1. The van der Waals surface area contributed by atoms with Crippen LogP contribution in [0.1, 0.15) is 12.5 Å². The summed E-state index contributed by atoms with van der Waals surface area (Å²) in [4.78, 5) is 30.8. The van der Waals surface area contributed by atoms with Crippen LogP contribution in [0.15, 0.2) is 72.0 Å². The van der Waals surface area contributed by atoms with E-state index in [1.165, 1.54) is 17.2 Å². The number of thiocarbonyl (C=S) groups is 1. The first-order valence-electron chi connectivity index (χ1n) is 10.4. The third-order valence-electron chi connectivity index (χ3n) is 5.08. The number of aromatic nitrogens is 1. The van der Waals surface area contributed by atoms with Crippen molar-refractivity contribution < 1.29 is 9.53 Å². The lowest BCUT2D eigenvalue weighted by molar-refractivity contribution is 0.137. The Labute approximate surface area is 206 Å². The van der Waals surface area contributed by atoms with E-state index >= 15 is 0 Å². The van der Waals surface area contributed by atoms with E-state index in [0.29, 0.717) is 34.7 Å². The molecule has 2 heterocycles. The second kappa shape index (κ2) is 10.4. The average Bonchev–Trinajstić information content (AvgIpc) is 2.84. The lowest BCUT2D eigenvalue weighted by Gasteiger charge is -2.42. The van der Waals surface area contributed by atoms with Crippen LogP contribution < -0.4 is 15.4 Å². The number of nitroso groups, excluding NO2 is 1. The minimum absolute atomic E-state index is 0.0432. The minimum atomic E-state index is -0.563. The minimum Gasteiger partial charge on any atom is -0.457 e. The first-order valence-corrected chi connectivity index (χ1v) is 11.2. The largest absolute Gasteiger partial charge is 0.457 e. The van der Waals surface area contributed by atoms with Crippen molar-refractivity contribution in [2.45, 2.75) is 19.8 Å². The number of anilines is 1. The Kier molecular flexibility index (Phi) is 7.19. The molecular formula is C23H21ClN6O3S. The Morgan fingerprint density at radius 3 is 2.56 bits per heavy atom. The quantitative estimate of drug-likeness (QED) is 0.316. The van der Waals surface area contributed by atoms with Gasteiger partial charge in [-0.05, 0) is 72.3 Å². The van der Waals surface area contributed by atoms with Gasteiger partial charge in [0.25, 0.3) is 0 Å². The highest BCUT2D eigenvalue weighted by molar-refractivity contribution is 7.80. The topological polar surface area (TPSA) is 99.2 Å². The zero-order valence-electron chi connectivity index (χ0n) is 18.1. The van der Waals surface area contributed by atoms with Crippen molar-refractivity contribution in [3.8, 4) is 11.5 Å². The van der Waals surface area contributed by atoms with Crippen molar-refractivity contribution in [3.05, 3.63) is 82.4 Å². The van der Waals surface area contributed by atoms with Crippen molar-refractivity contribution in [2.24, 2.45) is 5.18 Å². The highest BCUT2D eigenvalue weighted by Crippen LogP contribution is 2.26. The Morgan fingerprint density at radius 1 is 1.15 bits per heavy atom. The number of nitrogens with one attached hydrogen (secondary N) is 2. The van der Waals surface area contributed by atoms with E-state index in [-0.39, 0.29) is 11.8 Å². The third-order valence-corrected chi connectivity index (χ3v) is 5.67. The molecule has 4 rings (SSSR count). The van der Waals surface area contributed by atoms with E-state index in [1.807, 2.05) is 31.2 Å². The van der Waals surface area contributed by atoms with E-state index in [2.05, 4.69) is 20.8 Å². The summed E-state index contributed by atoms with van der Waals surface area (Å²) in [6, 6.07) is 17.4. The number of carbonyl (C=O) groups is 1. The van der Waals surface area contributed by atoms with E-state index < -0.39 is 6.29 Å². The van der Waals surface area contributed by atoms with Gasteiger partial charge < -0.3 is 15.4 Å². The van der Waals surface area contributed by atoms with Crippen molar-refractivity contribution in [1.29, 1.82) is 0 Å². The maximum Gasteiger partial charge on any atom is 0.329 e. The molecule has 1 aromatic heterocycles. The van der Waals surface area contributed by atoms with Gasteiger partial charge >= 0.3 is 6.03 Å². The molecular weight excluding hydrogens is 476 g/mol. The molecule has 1 fully saturated rings. The van der Waals surface area contributed by atoms with Crippen LogP contribution in [-0.2, 0) is 6.54 Å². The molecule has 1 aliphatic rings. The first-order chi connectivity index (χ1) is 16.5. The van der Waals surface area contributed by atoms with E-state index in [0.717, 1.165) is 11.3 Å². The third kappa shape index (κ3) is 5.41. The highest BCUT2D eigenvalue weighted by atomic mass is 35.5. The summed E-state index contributed by atoms with van der Waals surface area (Å²) in [5, 5.41) is 10.3. The van der Waals surface area contributed by atoms with Gasteiger partial charge in [0.1, 0.15) is 11.5 Å². The number of rotatable bonds is 8. The molecule has 1 unspecified atom stereocenters. The van der Waals surface area contributed by atoms with Crippen molar-refractivity contribution in [3.63, 3.8) is 0 Å². The number of hydrogen-bond acceptors (Lipinski definition) is 7. The van der Waals surface area contributed by atoms with Gasteiger partial charge in [-0.25, -0.2) is 9.78 Å². The number of amides is 2. The van der Waals surface area contributed by atoms with Gasteiger partial charge in [-0.2, -0.15) is 0 Å². The van der Waals surface area contributed by atoms with Gasteiger partial charge in [0.15, 0.2) is 17.2 Å². The van der Waals surface area contributed by atoms with Crippen LogP contribution in [0.3, 0.4) is 0 Å². The lowest BCUT2D eigenvalue weighted by atomic mass is 10.2. The summed E-state index contributed by atoms with van der Waals surface area (Å²) in [5.41, 5.74) is 1.68. The number of nitrogens with zero attached hydrogens (tertiary/aromatic N) is 4. The summed E-state index contributed by atoms with van der Waals surface area (Å²) < 4.78 is 5.75.